The van der Waals surface area contributed by atoms with Crippen molar-refractivity contribution in [3.05, 3.63) is 76.7 Å². The van der Waals surface area contributed by atoms with Crippen LogP contribution in [0.4, 0.5) is 15.8 Å². The van der Waals surface area contributed by atoms with Gasteiger partial charge < -0.3 is 15.7 Å². The van der Waals surface area contributed by atoms with E-state index in [-0.39, 0.29) is 17.2 Å². The number of aromatic nitrogens is 2. The fourth-order valence-electron chi connectivity index (χ4n) is 2.79. The molecule has 30 heavy (non-hydrogen) atoms. The van der Waals surface area contributed by atoms with Gasteiger partial charge in [-0.15, -0.1) is 11.3 Å². The summed E-state index contributed by atoms with van der Waals surface area (Å²) in [6.45, 7) is 1.81. The Bertz CT molecular complexity index is 1260. The van der Waals surface area contributed by atoms with E-state index in [1.54, 1.807) is 36.7 Å². The molecule has 7 nitrogen and oxygen atoms in total. The largest absolute Gasteiger partial charge is 0.508 e. The van der Waals surface area contributed by atoms with Crippen LogP contribution in [0, 0.1) is 12.7 Å². The maximum atomic E-state index is 13.9. The van der Waals surface area contributed by atoms with Crippen molar-refractivity contribution >= 4 is 44.9 Å². The summed E-state index contributed by atoms with van der Waals surface area (Å²) in [7, 11) is 0. The third-order valence-corrected chi connectivity index (χ3v) is 5.36. The van der Waals surface area contributed by atoms with Crippen molar-refractivity contribution in [3.8, 4) is 5.75 Å². The second kappa shape index (κ2) is 7.88. The van der Waals surface area contributed by atoms with Gasteiger partial charge in [0.2, 0.25) is 0 Å². The van der Waals surface area contributed by atoms with Gasteiger partial charge in [0, 0.05) is 23.8 Å². The van der Waals surface area contributed by atoms with E-state index in [2.05, 4.69) is 20.6 Å². The van der Waals surface area contributed by atoms with Crippen LogP contribution in [0.5, 0.6) is 5.75 Å². The molecule has 0 fully saturated rings. The minimum absolute atomic E-state index is 0.217. The molecule has 4 rings (SSSR count). The molecule has 3 N–H and O–H groups in total. The molecule has 0 bridgehead atoms. The molecule has 0 radical (unpaired) electrons. The number of carbonyl (C=O) groups excluding carboxylic acids is 2. The number of hydrogen-bond donors (Lipinski definition) is 3. The Morgan fingerprint density at radius 3 is 2.60 bits per heavy atom. The lowest BCUT2D eigenvalue weighted by Crippen LogP contribution is -2.15. The molecule has 0 aliphatic carbocycles. The van der Waals surface area contributed by atoms with E-state index in [1.807, 2.05) is 6.92 Å². The van der Waals surface area contributed by atoms with Gasteiger partial charge in [-0.2, -0.15) is 0 Å². The van der Waals surface area contributed by atoms with Gasteiger partial charge >= 0.3 is 0 Å². The van der Waals surface area contributed by atoms with Crippen LogP contribution >= 0.6 is 11.3 Å². The predicted molar refractivity (Wildman–Crippen MR) is 113 cm³/mol. The number of benzene rings is 2. The van der Waals surface area contributed by atoms with E-state index < -0.39 is 11.7 Å². The van der Waals surface area contributed by atoms with Gasteiger partial charge in [0.05, 0.1) is 10.4 Å². The highest BCUT2D eigenvalue weighted by molar-refractivity contribution is 7.20. The molecule has 0 atom stereocenters. The summed E-state index contributed by atoms with van der Waals surface area (Å²) >= 11 is 1.22. The van der Waals surface area contributed by atoms with Crippen molar-refractivity contribution in [1.29, 1.82) is 0 Å². The summed E-state index contributed by atoms with van der Waals surface area (Å²) in [5.74, 6) is -2.01. The normalized spacial score (nSPS) is 10.7. The highest BCUT2D eigenvalue weighted by atomic mass is 32.1. The number of nitrogens with one attached hydrogen (secondary N) is 2. The zero-order valence-corrected chi connectivity index (χ0v) is 16.5. The van der Waals surface area contributed by atoms with Crippen molar-refractivity contribution in [2.24, 2.45) is 0 Å². The Labute approximate surface area is 174 Å². The lowest BCUT2D eigenvalue weighted by Gasteiger charge is -2.11. The molecule has 4 aromatic rings. The van der Waals surface area contributed by atoms with Crippen molar-refractivity contribution in [2.45, 2.75) is 6.92 Å². The molecule has 0 aliphatic rings. The van der Waals surface area contributed by atoms with E-state index >= 15 is 0 Å². The quantitative estimate of drug-likeness (QED) is 0.454. The van der Waals surface area contributed by atoms with Crippen LogP contribution in [0.2, 0.25) is 0 Å². The van der Waals surface area contributed by atoms with Crippen molar-refractivity contribution < 1.29 is 19.1 Å². The fraction of sp³-hybridized carbons (Fsp3) is 0.0476. The molecule has 0 saturated heterocycles. The van der Waals surface area contributed by atoms with Gasteiger partial charge in [0.1, 0.15) is 21.9 Å². The number of aromatic hydroxyl groups is 1. The van der Waals surface area contributed by atoms with Crippen LogP contribution in [0.3, 0.4) is 0 Å². The topological polar surface area (TPSA) is 104 Å². The number of anilines is 2. The Morgan fingerprint density at radius 1 is 1.00 bits per heavy atom. The van der Waals surface area contributed by atoms with Gasteiger partial charge in [-0.3, -0.25) is 14.6 Å². The predicted octanol–water partition coefficient (Wildman–Crippen LogP) is 4.35. The molecule has 0 unspecified atom stereocenters. The fourth-order valence-corrected chi connectivity index (χ4v) is 3.64. The first-order chi connectivity index (χ1) is 14.4. The molecule has 2 aromatic carbocycles. The molecule has 9 heteroatoms. The summed E-state index contributed by atoms with van der Waals surface area (Å²) in [4.78, 5) is 34.5. The molecule has 2 aromatic heterocycles. The number of carbonyl (C=O) groups is 2. The second-order valence-electron chi connectivity index (χ2n) is 6.46. The third kappa shape index (κ3) is 3.96. The third-order valence-electron chi connectivity index (χ3n) is 4.33. The highest BCUT2D eigenvalue weighted by Crippen LogP contribution is 2.26. The summed E-state index contributed by atoms with van der Waals surface area (Å²) in [5.41, 5.74) is 1.99. The van der Waals surface area contributed by atoms with Gasteiger partial charge in [0.25, 0.3) is 11.8 Å². The SMILES string of the molecule is Cc1ccc(NC(=O)c2cc(O)ccc2F)cc1NC(=O)c1cc2nccnc2s1. The zero-order valence-electron chi connectivity index (χ0n) is 15.6. The molecule has 0 aliphatic heterocycles. The highest BCUT2D eigenvalue weighted by Gasteiger charge is 2.15. The molecular weight excluding hydrogens is 407 g/mol. The van der Waals surface area contributed by atoms with Crippen molar-refractivity contribution in [3.63, 3.8) is 0 Å². The summed E-state index contributed by atoms with van der Waals surface area (Å²) in [6.07, 6.45) is 3.12. The van der Waals surface area contributed by atoms with Crippen molar-refractivity contribution in [2.75, 3.05) is 10.6 Å². The van der Waals surface area contributed by atoms with Gasteiger partial charge in [-0.05, 0) is 48.9 Å². The number of rotatable bonds is 4. The number of hydrogen-bond acceptors (Lipinski definition) is 6. The number of phenolic OH excluding ortho intramolecular Hbond substituents is 1. The summed E-state index contributed by atoms with van der Waals surface area (Å²) < 4.78 is 13.9. The Balaban J connectivity index is 1.55. The van der Waals surface area contributed by atoms with Gasteiger partial charge in [-0.25, -0.2) is 9.37 Å². The van der Waals surface area contributed by atoms with Gasteiger partial charge in [0.15, 0.2) is 0 Å². The number of fused-ring (bicyclic) bond motifs is 1. The maximum absolute atomic E-state index is 13.9. The summed E-state index contributed by atoms with van der Waals surface area (Å²) in [5, 5.41) is 14.9. The summed E-state index contributed by atoms with van der Waals surface area (Å²) in [6, 6.07) is 9.81. The number of phenols is 1. The molecule has 0 saturated carbocycles. The second-order valence-corrected chi connectivity index (χ2v) is 7.49. The molecule has 150 valence electrons. The zero-order chi connectivity index (χ0) is 21.3. The average molecular weight is 422 g/mol. The number of nitrogens with zero attached hydrogens (tertiary/aromatic N) is 2. The Hall–Kier alpha value is -3.85. The lowest BCUT2D eigenvalue weighted by molar-refractivity contribution is 0.101. The number of aryl methyl sites for hydroxylation is 1. The van der Waals surface area contributed by atoms with Crippen LogP contribution in [0.1, 0.15) is 25.6 Å². The van der Waals surface area contributed by atoms with Crippen LogP contribution in [-0.2, 0) is 0 Å². The van der Waals surface area contributed by atoms with E-state index in [0.717, 1.165) is 23.8 Å². The molecule has 2 amide bonds. The van der Waals surface area contributed by atoms with E-state index in [4.69, 9.17) is 0 Å². The van der Waals surface area contributed by atoms with E-state index in [0.29, 0.717) is 26.6 Å². The van der Waals surface area contributed by atoms with Crippen LogP contribution < -0.4 is 10.6 Å². The number of halogens is 1. The van der Waals surface area contributed by atoms with Crippen LogP contribution in [0.15, 0.2) is 54.9 Å². The maximum Gasteiger partial charge on any atom is 0.265 e. The Kier molecular flexibility index (Phi) is 5.11. The average Bonchev–Trinajstić information content (AvgIpc) is 3.16. The van der Waals surface area contributed by atoms with E-state index in [1.165, 1.54) is 11.3 Å². The minimum atomic E-state index is -0.752. The first kappa shape index (κ1) is 19.5. The van der Waals surface area contributed by atoms with E-state index in [9.17, 15) is 19.1 Å². The monoisotopic (exact) mass is 422 g/mol. The molecular formula is C21H15FN4O3S. The van der Waals surface area contributed by atoms with Crippen LogP contribution in [0.25, 0.3) is 10.3 Å². The van der Waals surface area contributed by atoms with Crippen molar-refractivity contribution in [1.82, 2.24) is 9.97 Å². The lowest BCUT2D eigenvalue weighted by atomic mass is 10.1. The molecule has 2 heterocycles. The number of thiophene rings is 1. The minimum Gasteiger partial charge on any atom is -0.508 e. The Morgan fingerprint density at radius 2 is 1.80 bits per heavy atom. The smallest absolute Gasteiger partial charge is 0.265 e. The standard InChI is InChI=1S/C21H15FN4O3S/c1-11-2-3-12(25-19(28)14-9-13(27)4-5-15(14)22)8-16(11)26-20(29)18-10-17-21(30-18)24-7-6-23-17/h2-10,27H,1H3,(H,25,28)(H,26,29). The van der Waals surface area contributed by atoms with Crippen LogP contribution in [-0.4, -0.2) is 26.9 Å². The molecule has 0 spiro atoms. The first-order valence-electron chi connectivity index (χ1n) is 8.83. The number of amides is 2. The first-order valence-corrected chi connectivity index (χ1v) is 9.65. The van der Waals surface area contributed by atoms with Gasteiger partial charge in [-0.1, -0.05) is 6.07 Å².